The first-order chi connectivity index (χ1) is 5.23. The third-order valence-corrected chi connectivity index (χ3v) is 1.79. The lowest BCUT2D eigenvalue weighted by atomic mass is 10.1. The number of nitrogens with one attached hydrogen (secondary N) is 1. The van der Waals surface area contributed by atoms with Crippen molar-refractivity contribution < 1.29 is 15.0 Å². The Labute approximate surface area is 71.0 Å². The highest BCUT2D eigenvalue weighted by Crippen LogP contribution is 2.19. The van der Waals surface area contributed by atoms with Gasteiger partial charge in [-0.2, -0.15) is 0 Å². The second-order valence-corrected chi connectivity index (χ2v) is 4.01. The summed E-state index contributed by atoms with van der Waals surface area (Å²) in [6.07, 6.45) is 0. The fourth-order valence-corrected chi connectivity index (χ4v) is 0.949. The van der Waals surface area contributed by atoms with Crippen molar-refractivity contribution in [2.24, 2.45) is 0 Å². The van der Waals surface area contributed by atoms with Crippen molar-refractivity contribution in [3.8, 4) is 0 Å². The maximum absolute atomic E-state index is 10.9. The smallest absolute Gasteiger partial charge is 0.295 e. The number of carbonyl (C=O) groups excluding carboxylic acids is 1. The normalized spacial score (nSPS) is 24.2. The average molecular weight is 174 g/mol. The number of nitrogens with zero attached hydrogens (tertiary/aromatic N) is 1. The Morgan fingerprint density at radius 3 is 2.17 bits per heavy atom. The molecule has 1 rings (SSSR count). The van der Waals surface area contributed by atoms with E-state index in [0.29, 0.717) is 0 Å². The molecule has 5 heteroatoms. The van der Waals surface area contributed by atoms with Crippen LogP contribution in [0.2, 0.25) is 0 Å². The van der Waals surface area contributed by atoms with E-state index >= 15 is 0 Å². The summed E-state index contributed by atoms with van der Waals surface area (Å²) in [6.45, 7) is 5.51. The van der Waals surface area contributed by atoms with E-state index in [1.54, 1.807) is 0 Å². The molecule has 70 valence electrons. The van der Waals surface area contributed by atoms with E-state index in [0.717, 1.165) is 0 Å². The molecule has 1 saturated heterocycles. The molecule has 0 atom stereocenters. The number of aliphatic hydroxyl groups is 2. The zero-order chi connectivity index (χ0) is 9.57. The molecule has 0 radical (unpaired) electrons. The molecular formula is C7H14N2O3. The van der Waals surface area contributed by atoms with Crippen LogP contribution in [-0.2, 0) is 4.79 Å². The number of rotatable bonds is 0. The van der Waals surface area contributed by atoms with E-state index in [-0.39, 0.29) is 12.1 Å². The average Bonchev–Trinajstić information content (AvgIpc) is 2.06. The van der Waals surface area contributed by atoms with Gasteiger partial charge >= 0.3 is 0 Å². The maximum Gasteiger partial charge on any atom is 0.295 e. The minimum absolute atomic E-state index is 0.102. The van der Waals surface area contributed by atoms with E-state index in [9.17, 15) is 4.79 Å². The SMILES string of the molecule is CC(C)(C)N1CC(O)(O)C(=O)N1. The van der Waals surface area contributed by atoms with Crippen molar-refractivity contribution in [1.82, 2.24) is 10.4 Å². The minimum atomic E-state index is -2.24. The molecule has 5 nitrogen and oxygen atoms in total. The van der Waals surface area contributed by atoms with Gasteiger partial charge in [0, 0.05) is 5.54 Å². The van der Waals surface area contributed by atoms with Gasteiger partial charge < -0.3 is 10.2 Å². The maximum atomic E-state index is 10.9. The molecule has 0 unspecified atom stereocenters. The summed E-state index contributed by atoms with van der Waals surface area (Å²) in [5.74, 6) is -3.01. The first-order valence-electron chi connectivity index (χ1n) is 3.77. The van der Waals surface area contributed by atoms with E-state index in [1.807, 2.05) is 20.8 Å². The van der Waals surface area contributed by atoms with Gasteiger partial charge in [0.25, 0.3) is 11.7 Å². The summed E-state index contributed by atoms with van der Waals surface area (Å²) >= 11 is 0. The topological polar surface area (TPSA) is 72.8 Å². The lowest BCUT2D eigenvalue weighted by Gasteiger charge is -2.30. The van der Waals surface area contributed by atoms with E-state index in [4.69, 9.17) is 10.2 Å². The highest BCUT2D eigenvalue weighted by molar-refractivity contribution is 5.84. The van der Waals surface area contributed by atoms with Gasteiger partial charge in [-0.05, 0) is 20.8 Å². The number of hydrogen-bond acceptors (Lipinski definition) is 4. The molecule has 0 bridgehead atoms. The first-order valence-corrected chi connectivity index (χ1v) is 3.77. The molecule has 1 aliphatic rings. The van der Waals surface area contributed by atoms with Gasteiger partial charge in [0.05, 0.1) is 6.54 Å². The summed E-state index contributed by atoms with van der Waals surface area (Å²) in [5.41, 5.74) is 2.08. The molecule has 1 aliphatic heterocycles. The van der Waals surface area contributed by atoms with Gasteiger partial charge in [-0.1, -0.05) is 0 Å². The molecular weight excluding hydrogens is 160 g/mol. The van der Waals surface area contributed by atoms with Crippen LogP contribution in [0.5, 0.6) is 0 Å². The Morgan fingerprint density at radius 2 is 2.00 bits per heavy atom. The van der Waals surface area contributed by atoms with Gasteiger partial charge in [-0.15, -0.1) is 0 Å². The highest BCUT2D eigenvalue weighted by Gasteiger charge is 2.46. The van der Waals surface area contributed by atoms with Crippen LogP contribution in [0, 0.1) is 0 Å². The molecule has 1 amide bonds. The van der Waals surface area contributed by atoms with Crippen molar-refractivity contribution in [2.75, 3.05) is 6.54 Å². The van der Waals surface area contributed by atoms with Crippen molar-refractivity contribution >= 4 is 5.91 Å². The zero-order valence-electron chi connectivity index (χ0n) is 7.46. The molecule has 1 fully saturated rings. The number of carbonyl (C=O) groups is 1. The lowest BCUT2D eigenvalue weighted by molar-refractivity contribution is -0.173. The molecule has 12 heavy (non-hydrogen) atoms. The molecule has 1 heterocycles. The van der Waals surface area contributed by atoms with E-state index in [1.165, 1.54) is 5.01 Å². The monoisotopic (exact) mass is 174 g/mol. The van der Waals surface area contributed by atoms with Crippen LogP contribution in [0.15, 0.2) is 0 Å². The van der Waals surface area contributed by atoms with Crippen molar-refractivity contribution in [3.05, 3.63) is 0 Å². The van der Waals surface area contributed by atoms with Crippen LogP contribution in [0.1, 0.15) is 20.8 Å². The molecule has 3 N–H and O–H groups in total. The van der Waals surface area contributed by atoms with E-state index < -0.39 is 11.7 Å². The Hall–Kier alpha value is -0.650. The minimum Gasteiger partial charge on any atom is -0.357 e. The molecule has 0 aromatic carbocycles. The van der Waals surface area contributed by atoms with Crippen LogP contribution in [0.25, 0.3) is 0 Å². The molecule has 0 aliphatic carbocycles. The summed E-state index contributed by atoms with van der Waals surface area (Å²) < 4.78 is 0. The fourth-order valence-electron chi connectivity index (χ4n) is 0.949. The zero-order valence-corrected chi connectivity index (χ0v) is 7.46. The number of amides is 1. The Morgan fingerprint density at radius 1 is 1.50 bits per heavy atom. The fraction of sp³-hybridized carbons (Fsp3) is 0.857. The Balaban J connectivity index is 2.74. The van der Waals surface area contributed by atoms with Crippen molar-refractivity contribution in [3.63, 3.8) is 0 Å². The van der Waals surface area contributed by atoms with Gasteiger partial charge in [-0.3, -0.25) is 10.2 Å². The third-order valence-electron chi connectivity index (χ3n) is 1.79. The molecule has 0 spiro atoms. The van der Waals surface area contributed by atoms with Crippen molar-refractivity contribution in [1.29, 1.82) is 0 Å². The van der Waals surface area contributed by atoms with Crippen LogP contribution < -0.4 is 5.43 Å². The van der Waals surface area contributed by atoms with Gasteiger partial charge in [0.1, 0.15) is 0 Å². The third kappa shape index (κ3) is 1.57. The van der Waals surface area contributed by atoms with Crippen LogP contribution in [-0.4, -0.2) is 39.0 Å². The van der Waals surface area contributed by atoms with Crippen LogP contribution in [0.3, 0.4) is 0 Å². The summed E-state index contributed by atoms with van der Waals surface area (Å²) in [5, 5.41) is 19.7. The first kappa shape index (κ1) is 9.44. The molecule has 0 aromatic rings. The summed E-state index contributed by atoms with van der Waals surface area (Å²) in [7, 11) is 0. The standard InChI is InChI=1S/C7H14N2O3/c1-6(2,3)9-4-7(11,12)5(10)8-9/h11-12H,4H2,1-3H3,(H,8,10). The van der Waals surface area contributed by atoms with Gasteiger partial charge in [-0.25, -0.2) is 5.01 Å². The number of hydrazine groups is 1. The van der Waals surface area contributed by atoms with Gasteiger partial charge in [0.15, 0.2) is 0 Å². The van der Waals surface area contributed by atoms with Crippen molar-refractivity contribution in [2.45, 2.75) is 32.1 Å². The quantitative estimate of drug-likeness (QED) is 0.404. The summed E-state index contributed by atoms with van der Waals surface area (Å²) in [6, 6.07) is 0. The number of β-amino-alcohol motifs (C(OH)–C–C–N with tert-alkyl or cyclic N) is 2. The Kier molecular flexibility index (Phi) is 1.90. The van der Waals surface area contributed by atoms with E-state index in [2.05, 4.69) is 5.43 Å². The van der Waals surface area contributed by atoms with Crippen LogP contribution in [0.4, 0.5) is 0 Å². The lowest BCUT2D eigenvalue weighted by Crippen LogP contribution is -2.47. The second-order valence-electron chi connectivity index (χ2n) is 4.01. The largest absolute Gasteiger partial charge is 0.357 e. The predicted octanol–water partition coefficient (Wildman–Crippen LogP) is -1.19. The molecule has 0 aromatic heterocycles. The number of hydrogen-bond donors (Lipinski definition) is 3. The summed E-state index contributed by atoms with van der Waals surface area (Å²) in [4.78, 5) is 10.9. The highest BCUT2D eigenvalue weighted by atomic mass is 16.5. The predicted molar refractivity (Wildman–Crippen MR) is 41.8 cm³/mol. The Bertz CT molecular complexity index is 207. The van der Waals surface area contributed by atoms with Gasteiger partial charge in [0.2, 0.25) is 0 Å². The molecule has 0 saturated carbocycles. The van der Waals surface area contributed by atoms with Crippen LogP contribution >= 0.6 is 0 Å². The second kappa shape index (κ2) is 2.42.